The van der Waals surface area contributed by atoms with Crippen molar-refractivity contribution in [2.24, 2.45) is 5.92 Å². The van der Waals surface area contributed by atoms with E-state index in [1.165, 1.54) is 17.0 Å². The summed E-state index contributed by atoms with van der Waals surface area (Å²) in [6.45, 7) is 3.57. The van der Waals surface area contributed by atoms with Gasteiger partial charge in [-0.1, -0.05) is 0 Å². The molecular formula is C25H25ClFNO6. The minimum Gasteiger partial charge on any atom is -0.459 e. The van der Waals surface area contributed by atoms with E-state index in [-0.39, 0.29) is 42.8 Å². The maximum atomic E-state index is 13.2. The van der Waals surface area contributed by atoms with Crippen molar-refractivity contribution < 1.29 is 33.0 Å². The summed E-state index contributed by atoms with van der Waals surface area (Å²) in [5.41, 5.74) is 1.08. The third-order valence-electron chi connectivity index (χ3n) is 5.27. The van der Waals surface area contributed by atoms with E-state index in [9.17, 15) is 23.6 Å². The molecule has 1 aliphatic heterocycles. The molecule has 180 valence electrons. The van der Waals surface area contributed by atoms with Crippen LogP contribution in [0.4, 0.5) is 10.1 Å². The molecule has 1 amide bonds. The Hall–Kier alpha value is -3.26. The first kappa shape index (κ1) is 25.4. The molecule has 3 rings (SSSR count). The van der Waals surface area contributed by atoms with Crippen molar-refractivity contribution in [1.82, 2.24) is 0 Å². The van der Waals surface area contributed by atoms with Gasteiger partial charge in [-0.25, -0.2) is 9.18 Å². The molecule has 1 aliphatic rings. The number of Topliss-reactive ketones (excluding diaryl/α,β-unsaturated/α-hetero) is 1. The van der Waals surface area contributed by atoms with Crippen molar-refractivity contribution in [2.75, 3.05) is 17.3 Å². The normalized spacial score (nSPS) is 16.4. The molecule has 34 heavy (non-hydrogen) atoms. The second kappa shape index (κ2) is 11.2. The minimum absolute atomic E-state index is 0.0751. The van der Waals surface area contributed by atoms with E-state index in [1.807, 2.05) is 0 Å². The van der Waals surface area contributed by atoms with E-state index in [4.69, 9.17) is 21.1 Å². The molecule has 2 aromatic carbocycles. The lowest BCUT2D eigenvalue weighted by Crippen LogP contribution is -2.32. The number of ether oxygens (including phenoxy) is 2. The maximum Gasteiger partial charge on any atom is 0.338 e. The molecule has 2 aromatic rings. The zero-order valence-corrected chi connectivity index (χ0v) is 19.6. The third-order valence-corrected chi connectivity index (χ3v) is 5.48. The molecule has 1 saturated heterocycles. The molecule has 0 aromatic heterocycles. The molecule has 1 heterocycles. The van der Waals surface area contributed by atoms with Crippen LogP contribution in [0, 0.1) is 11.7 Å². The highest BCUT2D eigenvalue weighted by Crippen LogP contribution is 2.27. The molecule has 0 radical (unpaired) electrons. The van der Waals surface area contributed by atoms with Crippen LogP contribution in [0.1, 0.15) is 47.4 Å². The standard InChI is InChI=1S/C25H25ClFNO6/c1-15(2)33-24(31)17-5-9-20(10-6-17)28-14-18(13-22(28)29)25(32)34-21(11-12-26)23(30)16-3-7-19(27)8-4-16/h3-10,15,18,21H,11-14H2,1-2H3/t18-,21-/m0/s1. The van der Waals surface area contributed by atoms with E-state index < -0.39 is 35.6 Å². The van der Waals surface area contributed by atoms with Crippen molar-refractivity contribution in [1.29, 1.82) is 0 Å². The monoisotopic (exact) mass is 489 g/mol. The zero-order chi connectivity index (χ0) is 24.8. The van der Waals surface area contributed by atoms with Crippen LogP contribution in [-0.2, 0) is 19.1 Å². The summed E-state index contributed by atoms with van der Waals surface area (Å²) in [7, 11) is 0. The topological polar surface area (TPSA) is 90.0 Å². The van der Waals surface area contributed by atoms with Gasteiger partial charge in [0.1, 0.15) is 5.82 Å². The Morgan fingerprint density at radius 1 is 1.03 bits per heavy atom. The van der Waals surface area contributed by atoms with E-state index in [0.29, 0.717) is 11.3 Å². The lowest BCUT2D eigenvalue weighted by molar-refractivity contribution is -0.151. The van der Waals surface area contributed by atoms with Gasteiger partial charge < -0.3 is 14.4 Å². The molecule has 0 aliphatic carbocycles. The number of anilines is 1. The Kier molecular flexibility index (Phi) is 8.39. The number of benzene rings is 2. The predicted octanol–water partition coefficient (Wildman–Crippen LogP) is 4.17. The molecule has 0 bridgehead atoms. The summed E-state index contributed by atoms with van der Waals surface area (Å²) in [4.78, 5) is 51.5. The number of carbonyl (C=O) groups is 4. The Bertz CT molecular complexity index is 1050. The number of amides is 1. The summed E-state index contributed by atoms with van der Waals surface area (Å²) in [6.07, 6.45) is -1.38. The Morgan fingerprint density at radius 2 is 1.65 bits per heavy atom. The third kappa shape index (κ3) is 6.20. The van der Waals surface area contributed by atoms with Crippen molar-refractivity contribution in [3.63, 3.8) is 0 Å². The number of esters is 2. The van der Waals surface area contributed by atoms with Crippen molar-refractivity contribution in [3.05, 3.63) is 65.5 Å². The fourth-order valence-electron chi connectivity index (χ4n) is 3.55. The smallest absolute Gasteiger partial charge is 0.338 e. The number of hydrogen-bond acceptors (Lipinski definition) is 6. The van der Waals surface area contributed by atoms with Gasteiger partial charge in [-0.15, -0.1) is 11.6 Å². The fourth-order valence-corrected chi connectivity index (χ4v) is 3.75. The second-order valence-corrected chi connectivity index (χ2v) is 8.56. The summed E-state index contributed by atoms with van der Waals surface area (Å²) in [5.74, 6) is -3.09. The molecule has 2 atom stereocenters. The summed E-state index contributed by atoms with van der Waals surface area (Å²) >= 11 is 5.79. The molecule has 0 saturated carbocycles. The van der Waals surface area contributed by atoms with Gasteiger partial charge in [-0.2, -0.15) is 0 Å². The first-order chi connectivity index (χ1) is 16.2. The van der Waals surface area contributed by atoms with Gasteiger partial charge in [0.05, 0.1) is 17.6 Å². The number of alkyl halides is 1. The molecular weight excluding hydrogens is 465 g/mol. The lowest BCUT2D eigenvalue weighted by Gasteiger charge is -2.19. The molecule has 1 fully saturated rings. The van der Waals surface area contributed by atoms with Crippen LogP contribution in [0.5, 0.6) is 0 Å². The van der Waals surface area contributed by atoms with Gasteiger partial charge in [0.2, 0.25) is 11.7 Å². The quantitative estimate of drug-likeness (QED) is 0.298. The molecule has 0 spiro atoms. The van der Waals surface area contributed by atoms with Crippen LogP contribution in [-0.4, -0.2) is 48.3 Å². The van der Waals surface area contributed by atoms with Gasteiger partial charge in [-0.3, -0.25) is 14.4 Å². The van der Waals surface area contributed by atoms with E-state index in [0.717, 1.165) is 12.1 Å². The largest absolute Gasteiger partial charge is 0.459 e. The predicted molar refractivity (Wildman–Crippen MR) is 123 cm³/mol. The average molecular weight is 490 g/mol. The van der Waals surface area contributed by atoms with E-state index in [2.05, 4.69) is 0 Å². The highest BCUT2D eigenvalue weighted by molar-refractivity contribution is 6.18. The summed E-state index contributed by atoms with van der Waals surface area (Å²) in [6, 6.07) is 11.2. The number of ketones is 1. The van der Waals surface area contributed by atoms with Crippen LogP contribution in [0.2, 0.25) is 0 Å². The Labute approximate surface area is 201 Å². The number of halogens is 2. The zero-order valence-electron chi connectivity index (χ0n) is 18.8. The average Bonchev–Trinajstić information content (AvgIpc) is 3.20. The summed E-state index contributed by atoms with van der Waals surface area (Å²) in [5, 5.41) is 0. The summed E-state index contributed by atoms with van der Waals surface area (Å²) < 4.78 is 23.7. The Morgan fingerprint density at radius 3 is 2.24 bits per heavy atom. The van der Waals surface area contributed by atoms with E-state index >= 15 is 0 Å². The highest BCUT2D eigenvalue weighted by Gasteiger charge is 2.38. The van der Waals surface area contributed by atoms with Crippen molar-refractivity contribution in [3.8, 4) is 0 Å². The molecule has 0 N–H and O–H groups in total. The maximum absolute atomic E-state index is 13.2. The van der Waals surface area contributed by atoms with Gasteiger partial charge in [0, 0.05) is 36.5 Å². The minimum atomic E-state index is -1.13. The van der Waals surface area contributed by atoms with Gasteiger partial charge in [-0.05, 0) is 62.4 Å². The SMILES string of the molecule is CC(C)OC(=O)c1ccc(N2C[C@@H](C(=O)O[C@@H](CCCl)C(=O)c3ccc(F)cc3)CC2=O)cc1. The molecule has 0 unspecified atom stereocenters. The first-order valence-corrected chi connectivity index (χ1v) is 11.4. The number of nitrogens with zero attached hydrogens (tertiary/aromatic N) is 1. The van der Waals surface area contributed by atoms with Crippen LogP contribution in [0.15, 0.2) is 48.5 Å². The van der Waals surface area contributed by atoms with Crippen molar-refractivity contribution >= 4 is 40.9 Å². The number of hydrogen-bond donors (Lipinski definition) is 0. The van der Waals surface area contributed by atoms with Crippen molar-refractivity contribution in [2.45, 2.75) is 38.9 Å². The van der Waals surface area contributed by atoms with Gasteiger partial charge in [0.25, 0.3) is 0 Å². The van der Waals surface area contributed by atoms with Gasteiger partial charge >= 0.3 is 11.9 Å². The highest BCUT2D eigenvalue weighted by atomic mass is 35.5. The Balaban J connectivity index is 1.65. The first-order valence-electron chi connectivity index (χ1n) is 10.9. The lowest BCUT2D eigenvalue weighted by atomic mass is 10.0. The van der Waals surface area contributed by atoms with Crippen LogP contribution >= 0.6 is 11.6 Å². The second-order valence-electron chi connectivity index (χ2n) is 8.18. The number of carbonyl (C=O) groups excluding carboxylic acids is 4. The van der Waals surface area contributed by atoms with Crippen LogP contribution in [0.25, 0.3) is 0 Å². The molecule has 7 nitrogen and oxygen atoms in total. The van der Waals surface area contributed by atoms with Crippen LogP contribution < -0.4 is 4.90 Å². The number of rotatable bonds is 9. The molecule has 9 heteroatoms. The fraction of sp³-hybridized carbons (Fsp3) is 0.360. The van der Waals surface area contributed by atoms with Crippen LogP contribution in [0.3, 0.4) is 0 Å². The van der Waals surface area contributed by atoms with E-state index in [1.54, 1.807) is 38.1 Å². The van der Waals surface area contributed by atoms with Gasteiger partial charge in [0.15, 0.2) is 6.10 Å².